The summed E-state index contributed by atoms with van der Waals surface area (Å²) >= 11 is 0. The lowest BCUT2D eigenvalue weighted by molar-refractivity contribution is 0.0596. The molecule has 0 atom stereocenters. The van der Waals surface area contributed by atoms with E-state index < -0.39 is 0 Å². The minimum atomic E-state index is 0.853. The second kappa shape index (κ2) is 6.59. The van der Waals surface area contributed by atoms with Gasteiger partial charge in [-0.2, -0.15) is 0 Å². The van der Waals surface area contributed by atoms with Gasteiger partial charge in [0, 0.05) is 13.1 Å². The quantitative estimate of drug-likeness (QED) is 0.673. The molecule has 2 aromatic carbocycles. The molecule has 2 heteroatoms. The first kappa shape index (κ1) is 13.9. The molecule has 0 unspecified atom stereocenters. The van der Waals surface area contributed by atoms with Crippen LogP contribution >= 0.6 is 0 Å². The average molecular weight is 279 g/mol. The zero-order valence-corrected chi connectivity index (χ0v) is 12.3. The number of hydrogen-bond donors (Lipinski definition) is 0. The Morgan fingerprint density at radius 1 is 0.857 bits per heavy atom. The predicted octanol–water partition coefficient (Wildman–Crippen LogP) is 3.72. The van der Waals surface area contributed by atoms with Crippen LogP contribution in [0.5, 0.6) is 0 Å². The zero-order valence-electron chi connectivity index (χ0n) is 12.3. The molecular weight excluding hydrogens is 258 g/mol. The summed E-state index contributed by atoms with van der Waals surface area (Å²) in [4.78, 5) is 2.16. The van der Waals surface area contributed by atoms with E-state index in [-0.39, 0.29) is 0 Å². The van der Waals surface area contributed by atoms with Gasteiger partial charge in [0.25, 0.3) is 0 Å². The van der Waals surface area contributed by atoms with Gasteiger partial charge in [-0.05, 0) is 34.9 Å². The third-order valence-electron chi connectivity index (χ3n) is 4.01. The first-order valence-electron chi connectivity index (χ1n) is 7.49. The maximum absolute atomic E-state index is 5.11. The third-order valence-corrected chi connectivity index (χ3v) is 4.01. The third kappa shape index (κ3) is 3.17. The molecule has 2 nitrogen and oxygen atoms in total. The van der Waals surface area contributed by atoms with Gasteiger partial charge < -0.3 is 9.64 Å². The molecule has 0 radical (unpaired) electrons. The van der Waals surface area contributed by atoms with Crippen LogP contribution in [0.4, 0.5) is 0 Å². The molecule has 108 valence electrons. The first-order valence-corrected chi connectivity index (χ1v) is 7.49. The normalized spacial score (nSPS) is 15.5. The maximum Gasteiger partial charge on any atom is 0.0642 e. The van der Waals surface area contributed by atoms with Crippen molar-refractivity contribution in [2.24, 2.45) is 0 Å². The van der Waals surface area contributed by atoms with E-state index in [1.54, 1.807) is 0 Å². The highest BCUT2D eigenvalue weighted by Gasteiger charge is 2.15. The van der Waals surface area contributed by atoms with E-state index in [0.717, 1.165) is 32.7 Å². The van der Waals surface area contributed by atoms with Gasteiger partial charge in [-0.3, -0.25) is 0 Å². The summed E-state index contributed by atoms with van der Waals surface area (Å²) in [5.41, 5.74) is 5.75. The van der Waals surface area contributed by atoms with Crippen molar-refractivity contribution in [3.8, 4) is 11.1 Å². The van der Waals surface area contributed by atoms with Crippen molar-refractivity contribution < 1.29 is 4.74 Å². The highest BCUT2D eigenvalue weighted by molar-refractivity contribution is 5.76. The Balaban J connectivity index is 0.000000143. The standard InChI is InChI=1S/C13H10.C6H11NO/c1-3-7-12-10(5-1)9-11-6-2-4-8-13(11)12;1-2-7-3-5-8-6-4-7/h1-8H,9H2;2H,1,3-6H2. The predicted molar refractivity (Wildman–Crippen MR) is 87.3 cm³/mol. The zero-order chi connectivity index (χ0) is 14.5. The van der Waals surface area contributed by atoms with Crippen molar-refractivity contribution in [3.63, 3.8) is 0 Å². The maximum atomic E-state index is 5.11. The molecule has 0 aromatic heterocycles. The number of rotatable bonds is 1. The van der Waals surface area contributed by atoms with Crippen LogP contribution in [-0.4, -0.2) is 31.2 Å². The molecule has 1 heterocycles. The Morgan fingerprint density at radius 2 is 1.38 bits per heavy atom. The molecule has 0 spiro atoms. The Bertz CT molecular complexity index is 571. The van der Waals surface area contributed by atoms with E-state index in [1.807, 2.05) is 6.20 Å². The molecule has 1 saturated heterocycles. The smallest absolute Gasteiger partial charge is 0.0642 e. The summed E-state index contributed by atoms with van der Waals surface area (Å²) < 4.78 is 5.11. The lowest BCUT2D eigenvalue weighted by Gasteiger charge is -2.24. The van der Waals surface area contributed by atoms with Crippen LogP contribution in [0.1, 0.15) is 11.1 Å². The minimum Gasteiger partial charge on any atom is -0.378 e. The molecule has 2 aromatic rings. The van der Waals surface area contributed by atoms with Crippen molar-refractivity contribution in [1.82, 2.24) is 4.90 Å². The number of nitrogens with zero attached hydrogens (tertiary/aromatic N) is 1. The number of hydrogen-bond acceptors (Lipinski definition) is 2. The van der Waals surface area contributed by atoms with E-state index in [0.29, 0.717) is 0 Å². The van der Waals surface area contributed by atoms with Crippen LogP contribution in [0, 0.1) is 0 Å². The van der Waals surface area contributed by atoms with Crippen LogP contribution in [0.2, 0.25) is 0 Å². The van der Waals surface area contributed by atoms with Crippen LogP contribution < -0.4 is 0 Å². The van der Waals surface area contributed by atoms with Crippen LogP contribution in [0.15, 0.2) is 61.3 Å². The summed E-state index contributed by atoms with van der Waals surface area (Å²) in [6.07, 6.45) is 2.97. The number of morpholine rings is 1. The topological polar surface area (TPSA) is 12.5 Å². The van der Waals surface area contributed by atoms with Gasteiger partial charge in [-0.1, -0.05) is 55.1 Å². The van der Waals surface area contributed by atoms with Gasteiger partial charge in [-0.25, -0.2) is 0 Å². The van der Waals surface area contributed by atoms with Crippen molar-refractivity contribution in [3.05, 3.63) is 72.4 Å². The van der Waals surface area contributed by atoms with E-state index in [4.69, 9.17) is 4.74 Å². The van der Waals surface area contributed by atoms with Crippen molar-refractivity contribution in [2.45, 2.75) is 6.42 Å². The van der Waals surface area contributed by atoms with Gasteiger partial charge in [0.1, 0.15) is 0 Å². The SMILES string of the molecule is C=CN1CCOCC1.c1ccc2c(c1)Cc1ccccc1-2. The summed E-state index contributed by atoms with van der Waals surface area (Å²) in [6.45, 7) is 7.37. The van der Waals surface area contributed by atoms with E-state index in [2.05, 4.69) is 60.0 Å². The Labute approximate surface area is 126 Å². The number of ether oxygens (including phenoxy) is 1. The van der Waals surface area contributed by atoms with Gasteiger partial charge in [0.2, 0.25) is 0 Å². The Morgan fingerprint density at radius 3 is 1.86 bits per heavy atom. The van der Waals surface area contributed by atoms with Crippen LogP contribution in [0.3, 0.4) is 0 Å². The minimum absolute atomic E-state index is 0.853. The fourth-order valence-electron chi connectivity index (χ4n) is 2.84. The number of benzene rings is 2. The summed E-state index contributed by atoms with van der Waals surface area (Å²) in [5.74, 6) is 0. The molecule has 1 aliphatic heterocycles. The van der Waals surface area contributed by atoms with Crippen molar-refractivity contribution in [2.75, 3.05) is 26.3 Å². The van der Waals surface area contributed by atoms with Crippen molar-refractivity contribution >= 4 is 0 Å². The summed E-state index contributed by atoms with van der Waals surface area (Å²) in [5, 5.41) is 0. The van der Waals surface area contributed by atoms with Gasteiger partial charge in [-0.15, -0.1) is 0 Å². The van der Waals surface area contributed by atoms with Gasteiger partial charge >= 0.3 is 0 Å². The lowest BCUT2D eigenvalue weighted by atomic mass is 10.1. The van der Waals surface area contributed by atoms with Gasteiger partial charge in [0.15, 0.2) is 0 Å². The molecule has 0 bridgehead atoms. The second-order valence-corrected chi connectivity index (χ2v) is 5.32. The van der Waals surface area contributed by atoms with Crippen LogP contribution in [-0.2, 0) is 11.2 Å². The highest BCUT2D eigenvalue weighted by Crippen LogP contribution is 2.35. The Kier molecular flexibility index (Phi) is 4.37. The second-order valence-electron chi connectivity index (χ2n) is 5.32. The molecule has 4 rings (SSSR count). The van der Waals surface area contributed by atoms with Crippen LogP contribution in [0.25, 0.3) is 11.1 Å². The summed E-state index contributed by atoms with van der Waals surface area (Å²) in [6, 6.07) is 17.3. The fraction of sp³-hybridized carbons (Fsp3) is 0.263. The van der Waals surface area contributed by atoms with E-state index in [9.17, 15) is 0 Å². The molecule has 21 heavy (non-hydrogen) atoms. The highest BCUT2D eigenvalue weighted by atomic mass is 16.5. The monoisotopic (exact) mass is 279 g/mol. The average Bonchev–Trinajstić information content (AvgIpc) is 2.95. The molecular formula is C19H21NO. The molecule has 0 amide bonds. The van der Waals surface area contributed by atoms with E-state index >= 15 is 0 Å². The number of fused-ring (bicyclic) bond motifs is 3. The lowest BCUT2D eigenvalue weighted by Crippen LogP contribution is -2.31. The molecule has 0 saturated carbocycles. The van der Waals surface area contributed by atoms with E-state index in [1.165, 1.54) is 22.3 Å². The van der Waals surface area contributed by atoms with Gasteiger partial charge in [0.05, 0.1) is 13.2 Å². The molecule has 2 aliphatic rings. The fourth-order valence-corrected chi connectivity index (χ4v) is 2.84. The largest absolute Gasteiger partial charge is 0.378 e. The molecule has 1 fully saturated rings. The van der Waals surface area contributed by atoms with Crippen molar-refractivity contribution in [1.29, 1.82) is 0 Å². The first-order chi connectivity index (χ1) is 10.4. The Hall–Kier alpha value is -2.06. The molecule has 1 aliphatic carbocycles. The molecule has 0 N–H and O–H groups in total. The summed E-state index contributed by atoms with van der Waals surface area (Å²) in [7, 11) is 0.